The van der Waals surface area contributed by atoms with Crippen LogP contribution in [-0.2, 0) is 13.5 Å². The minimum Gasteiger partial charge on any atom is -0.309 e. The Bertz CT molecular complexity index is 1020. The number of hydrogen-bond acceptors (Lipinski definition) is 4. The van der Waals surface area contributed by atoms with Gasteiger partial charge in [0, 0.05) is 18.3 Å². The van der Waals surface area contributed by atoms with E-state index in [1.54, 1.807) is 23.1 Å². The number of thiophene rings is 1. The van der Waals surface area contributed by atoms with Crippen LogP contribution in [0.3, 0.4) is 0 Å². The molecule has 1 aliphatic carbocycles. The highest BCUT2D eigenvalue weighted by atomic mass is 32.2. The van der Waals surface area contributed by atoms with Crippen molar-refractivity contribution in [1.29, 1.82) is 0 Å². The van der Waals surface area contributed by atoms with Crippen molar-refractivity contribution < 1.29 is 0 Å². The summed E-state index contributed by atoms with van der Waals surface area (Å²) in [6.07, 6.45) is 0.833. The van der Waals surface area contributed by atoms with Crippen LogP contribution in [0, 0.1) is 0 Å². The fourth-order valence-electron chi connectivity index (χ4n) is 3.51. The molecule has 3 nitrogen and oxygen atoms in total. The number of nitrogens with zero attached hydrogens (tertiary/aromatic N) is 3. The lowest BCUT2D eigenvalue weighted by atomic mass is 10.1. The van der Waals surface area contributed by atoms with Crippen LogP contribution in [0.25, 0.3) is 11.1 Å². The summed E-state index contributed by atoms with van der Waals surface area (Å²) in [5.41, 5.74) is 5.39. The molecule has 26 heavy (non-hydrogen) atoms. The minimum atomic E-state index is 0.264. The van der Waals surface area contributed by atoms with E-state index in [2.05, 4.69) is 87.9 Å². The van der Waals surface area contributed by atoms with Crippen molar-refractivity contribution >= 4 is 23.1 Å². The summed E-state index contributed by atoms with van der Waals surface area (Å²) in [4.78, 5) is 1.31. The van der Waals surface area contributed by atoms with Crippen molar-refractivity contribution in [3.8, 4) is 11.1 Å². The Morgan fingerprint density at radius 1 is 0.923 bits per heavy atom. The number of thioether (sulfide) groups is 1. The van der Waals surface area contributed by atoms with Gasteiger partial charge in [0.05, 0.1) is 5.25 Å². The fraction of sp³-hybridized carbons (Fsp3) is 0.143. The van der Waals surface area contributed by atoms with E-state index < -0.39 is 0 Å². The topological polar surface area (TPSA) is 30.7 Å². The van der Waals surface area contributed by atoms with E-state index in [1.807, 2.05) is 0 Å². The lowest BCUT2D eigenvalue weighted by molar-refractivity contribution is 0.749. The standard InChI is InChI=1S/C21H17N3S2/c1-24-19(13-14-7-6-12-25-14)22-23-21(24)26-20-17-10-4-2-8-15(17)16-9-3-5-11-18(16)20/h2-12,20H,13H2,1H3. The number of benzene rings is 2. The van der Waals surface area contributed by atoms with Gasteiger partial charge < -0.3 is 4.57 Å². The van der Waals surface area contributed by atoms with Crippen molar-refractivity contribution in [3.63, 3.8) is 0 Å². The quantitative estimate of drug-likeness (QED) is 0.483. The van der Waals surface area contributed by atoms with Crippen LogP contribution >= 0.6 is 23.1 Å². The van der Waals surface area contributed by atoms with Crippen LogP contribution in [0.15, 0.2) is 71.2 Å². The Morgan fingerprint density at radius 3 is 2.27 bits per heavy atom. The number of rotatable bonds is 4. The van der Waals surface area contributed by atoms with Gasteiger partial charge in [-0.15, -0.1) is 21.5 Å². The molecule has 2 aromatic carbocycles. The number of aromatic nitrogens is 3. The Labute approximate surface area is 160 Å². The first-order valence-electron chi connectivity index (χ1n) is 8.57. The van der Waals surface area contributed by atoms with Gasteiger partial charge in [-0.25, -0.2) is 0 Å². The van der Waals surface area contributed by atoms with Crippen molar-refractivity contribution in [2.24, 2.45) is 7.05 Å². The SMILES string of the molecule is Cn1c(Cc2cccs2)nnc1SC1c2ccccc2-c2ccccc21. The largest absolute Gasteiger partial charge is 0.309 e. The summed E-state index contributed by atoms with van der Waals surface area (Å²) >= 11 is 3.55. The molecule has 5 heteroatoms. The van der Waals surface area contributed by atoms with E-state index >= 15 is 0 Å². The Kier molecular flexibility index (Phi) is 3.91. The first kappa shape index (κ1) is 15.9. The summed E-state index contributed by atoms with van der Waals surface area (Å²) in [5.74, 6) is 1.01. The summed E-state index contributed by atoms with van der Waals surface area (Å²) in [7, 11) is 2.07. The minimum absolute atomic E-state index is 0.264. The van der Waals surface area contributed by atoms with Crippen LogP contribution in [0.2, 0.25) is 0 Å². The zero-order chi connectivity index (χ0) is 17.5. The number of hydrogen-bond donors (Lipinski definition) is 0. The van der Waals surface area contributed by atoms with E-state index in [4.69, 9.17) is 0 Å². The first-order valence-corrected chi connectivity index (χ1v) is 10.3. The van der Waals surface area contributed by atoms with Gasteiger partial charge in [-0.1, -0.05) is 66.4 Å². The maximum Gasteiger partial charge on any atom is 0.191 e. The van der Waals surface area contributed by atoms with E-state index in [-0.39, 0.29) is 5.25 Å². The predicted octanol–water partition coefficient (Wildman–Crippen LogP) is 5.33. The van der Waals surface area contributed by atoms with Gasteiger partial charge in [0.15, 0.2) is 5.16 Å². The van der Waals surface area contributed by atoms with Gasteiger partial charge in [-0.05, 0) is 33.7 Å². The molecule has 0 fully saturated rings. The highest BCUT2D eigenvalue weighted by molar-refractivity contribution is 7.99. The highest BCUT2D eigenvalue weighted by Crippen LogP contribution is 2.51. The fourth-order valence-corrected chi connectivity index (χ4v) is 5.44. The molecule has 0 N–H and O–H groups in total. The monoisotopic (exact) mass is 375 g/mol. The first-order chi connectivity index (χ1) is 12.8. The maximum absolute atomic E-state index is 4.49. The second-order valence-corrected chi connectivity index (χ2v) is 8.49. The van der Waals surface area contributed by atoms with Crippen LogP contribution in [-0.4, -0.2) is 14.8 Å². The molecule has 2 heterocycles. The summed E-state index contributed by atoms with van der Waals surface area (Å²) in [5, 5.41) is 12.3. The zero-order valence-corrected chi connectivity index (χ0v) is 15.9. The highest BCUT2D eigenvalue weighted by Gasteiger charge is 2.30. The van der Waals surface area contributed by atoms with Crippen LogP contribution in [0.4, 0.5) is 0 Å². The van der Waals surface area contributed by atoms with Crippen LogP contribution in [0.1, 0.15) is 27.1 Å². The molecule has 2 aromatic heterocycles. The van der Waals surface area contributed by atoms with Crippen molar-refractivity contribution in [1.82, 2.24) is 14.8 Å². The van der Waals surface area contributed by atoms with E-state index in [0.29, 0.717) is 0 Å². The van der Waals surface area contributed by atoms with Crippen LogP contribution < -0.4 is 0 Å². The molecular formula is C21H17N3S2. The van der Waals surface area contributed by atoms with Gasteiger partial charge in [0.2, 0.25) is 0 Å². The molecule has 0 atom stereocenters. The van der Waals surface area contributed by atoms with Gasteiger partial charge in [-0.3, -0.25) is 0 Å². The maximum atomic E-state index is 4.49. The average Bonchev–Trinajstić information content (AvgIpc) is 3.38. The van der Waals surface area contributed by atoms with Crippen molar-refractivity contribution in [2.45, 2.75) is 16.8 Å². The van der Waals surface area contributed by atoms with Crippen molar-refractivity contribution in [2.75, 3.05) is 0 Å². The van der Waals surface area contributed by atoms with Crippen molar-refractivity contribution in [3.05, 3.63) is 87.9 Å². The summed E-state index contributed by atoms with van der Waals surface area (Å²) in [6.45, 7) is 0. The second-order valence-electron chi connectivity index (χ2n) is 6.39. The zero-order valence-electron chi connectivity index (χ0n) is 14.3. The smallest absolute Gasteiger partial charge is 0.191 e. The Balaban J connectivity index is 1.49. The molecule has 0 unspecified atom stereocenters. The lowest BCUT2D eigenvalue weighted by Crippen LogP contribution is -2.01. The molecule has 5 rings (SSSR count). The van der Waals surface area contributed by atoms with Crippen LogP contribution in [0.5, 0.6) is 0 Å². The molecule has 0 aliphatic heterocycles. The molecule has 4 aromatic rings. The molecule has 0 bridgehead atoms. The third kappa shape index (κ3) is 2.59. The molecule has 0 saturated carbocycles. The van der Waals surface area contributed by atoms with E-state index in [9.17, 15) is 0 Å². The Hall–Kier alpha value is -2.37. The normalized spacial score (nSPS) is 13.0. The third-order valence-electron chi connectivity index (χ3n) is 4.84. The van der Waals surface area contributed by atoms with Gasteiger partial charge in [0.25, 0.3) is 0 Å². The molecule has 128 valence electrons. The summed E-state index contributed by atoms with van der Waals surface area (Å²) < 4.78 is 2.13. The molecule has 0 saturated heterocycles. The Morgan fingerprint density at radius 2 is 1.62 bits per heavy atom. The predicted molar refractivity (Wildman–Crippen MR) is 108 cm³/mol. The molecule has 0 radical (unpaired) electrons. The molecule has 1 aliphatic rings. The third-order valence-corrected chi connectivity index (χ3v) is 7.02. The average molecular weight is 376 g/mol. The summed E-state index contributed by atoms with van der Waals surface area (Å²) in [6, 6.07) is 21.6. The van der Waals surface area contributed by atoms with E-state index in [0.717, 1.165) is 17.4 Å². The lowest BCUT2D eigenvalue weighted by Gasteiger charge is -2.12. The molecular weight excluding hydrogens is 358 g/mol. The second kappa shape index (κ2) is 6.41. The molecule has 0 spiro atoms. The van der Waals surface area contributed by atoms with Gasteiger partial charge in [-0.2, -0.15) is 0 Å². The number of fused-ring (bicyclic) bond motifs is 3. The van der Waals surface area contributed by atoms with Gasteiger partial charge >= 0.3 is 0 Å². The van der Waals surface area contributed by atoms with Gasteiger partial charge in [0.1, 0.15) is 5.82 Å². The van der Waals surface area contributed by atoms with E-state index in [1.165, 1.54) is 27.1 Å². The molecule has 0 amide bonds.